The molecular formula is C13H16O10. The Balaban J connectivity index is 2.22. The van der Waals surface area contributed by atoms with E-state index >= 15 is 0 Å². The SMILES string of the molecule is CC(=O)OC[C@H]1O[C@H](OC(C)=O)[C@H]2OC(=O)O[C@H]2[C@@H]1OC(C)=O. The van der Waals surface area contributed by atoms with Gasteiger partial charge in [-0.1, -0.05) is 0 Å². The third-order valence-electron chi connectivity index (χ3n) is 3.09. The van der Waals surface area contributed by atoms with Crippen LogP contribution in [0.5, 0.6) is 0 Å². The van der Waals surface area contributed by atoms with Gasteiger partial charge in [-0.05, 0) is 0 Å². The fraction of sp³-hybridized carbons (Fsp3) is 0.692. The average molecular weight is 332 g/mol. The molecule has 0 amide bonds. The molecule has 0 bridgehead atoms. The van der Waals surface area contributed by atoms with E-state index in [-0.39, 0.29) is 6.61 Å². The first-order valence-corrected chi connectivity index (χ1v) is 6.78. The second-order valence-corrected chi connectivity index (χ2v) is 4.94. The van der Waals surface area contributed by atoms with Gasteiger partial charge in [-0.3, -0.25) is 14.4 Å². The largest absolute Gasteiger partial charge is 0.509 e. The molecule has 2 saturated heterocycles. The minimum Gasteiger partial charge on any atom is -0.463 e. The van der Waals surface area contributed by atoms with Gasteiger partial charge in [0.2, 0.25) is 12.4 Å². The minimum atomic E-state index is -1.27. The highest BCUT2D eigenvalue weighted by Crippen LogP contribution is 2.33. The Morgan fingerprint density at radius 2 is 1.57 bits per heavy atom. The van der Waals surface area contributed by atoms with Gasteiger partial charge in [-0.15, -0.1) is 0 Å². The molecule has 128 valence electrons. The monoisotopic (exact) mass is 332 g/mol. The van der Waals surface area contributed by atoms with Crippen LogP contribution < -0.4 is 0 Å². The van der Waals surface area contributed by atoms with E-state index in [0.717, 1.165) is 13.8 Å². The predicted molar refractivity (Wildman–Crippen MR) is 67.8 cm³/mol. The molecule has 23 heavy (non-hydrogen) atoms. The third-order valence-corrected chi connectivity index (χ3v) is 3.09. The van der Waals surface area contributed by atoms with Gasteiger partial charge in [-0.25, -0.2) is 4.79 Å². The first kappa shape index (κ1) is 17.0. The normalized spacial score (nSPS) is 32.1. The molecule has 2 rings (SSSR count). The molecular weight excluding hydrogens is 316 g/mol. The molecule has 0 unspecified atom stereocenters. The second-order valence-electron chi connectivity index (χ2n) is 4.94. The molecule has 0 radical (unpaired) electrons. The zero-order chi connectivity index (χ0) is 17.1. The van der Waals surface area contributed by atoms with E-state index in [1.165, 1.54) is 6.92 Å². The van der Waals surface area contributed by atoms with Gasteiger partial charge in [0.05, 0.1) is 0 Å². The molecule has 0 aromatic heterocycles. The molecule has 10 heteroatoms. The van der Waals surface area contributed by atoms with Gasteiger partial charge in [0.25, 0.3) is 0 Å². The van der Waals surface area contributed by atoms with Crippen LogP contribution in [0.2, 0.25) is 0 Å². The Hall–Kier alpha value is -2.36. The molecule has 0 N–H and O–H groups in total. The molecule has 0 aromatic rings. The maximum Gasteiger partial charge on any atom is 0.509 e. The van der Waals surface area contributed by atoms with Crippen LogP contribution in [0.4, 0.5) is 4.79 Å². The second kappa shape index (κ2) is 6.82. The summed E-state index contributed by atoms with van der Waals surface area (Å²) in [6.45, 7) is 3.21. The van der Waals surface area contributed by atoms with Gasteiger partial charge in [0.15, 0.2) is 12.2 Å². The van der Waals surface area contributed by atoms with Crippen molar-refractivity contribution in [3.8, 4) is 0 Å². The van der Waals surface area contributed by atoms with Gasteiger partial charge in [0.1, 0.15) is 12.7 Å². The Bertz CT molecular complexity index is 515. The lowest BCUT2D eigenvalue weighted by Crippen LogP contribution is -2.59. The summed E-state index contributed by atoms with van der Waals surface area (Å²) in [5.74, 6) is -1.91. The lowest BCUT2D eigenvalue weighted by atomic mass is 9.99. The van der Waals surface area contributed by atoms with Crippen LogP contribution in [0.25, 0.3) is 0 Å². The summed E-state index contributed by atoms with van der Waals surface area (Å²) in [4.78, 5) is 44.8. The maximum atomic E-state index is 11.4. The van der Waals surface area contributed by atoms with E-state index in [0.29, 0.717) is 0 Å². The number of ether oxygens (including phenoxy) is 6. The molecule has 0 aliphatic carbocycles. The Labute approximate surface area is 130 Å². The fourth-order valence-corrected chi connectivity index (χ4v) is 2.31. The molecule has 0 spiro atoms. The zero-order valence-corrected chi connectivity index (χ0v) is 12.7. The summed E-state index contributed by atoms with van der Waals surface area (Å²) >= 11 is 0. The highest BCUT2D eigenvalue weighted by molar-refractivity contribution is 5.68. The van der Waals surface area contributed by atoms with Crippen molar-refractivity contribution in [2.45, 2.75) is 51.5 Å². The van der Waals surface area contributed by atoms with E-state index in [1.807, 2.05) is 0 Å². The lowest BCUT2D eigenvalue weighted by molar-refractivity contribution is -0.274. The van der Waals surface area contributed by atoms with Crippen LogP contribution in [-0.4, -0.2) is 61.4 Å². The summed E-state index contributed by atoms with van der Waals surface area (Å²) in [6.07, 6.45) is -6.49. The van der Waals surface area contributed by atoms with Crippen LogP contribution in [0.15, 0.2) is 0 Å². The van der Waals surface area contributed by atoms with Gasteiger partial charge >= 0.3 is 24.1 Å². The number of carbonyl (C=O) groups excluding carboxylic acids is 4. The number of hydrogen-bond acceptors (Lipinski definition) is 10. The van der Waals surface area contributed by atoms with Crippen molar-refractivity contribution >= 4 is 24.1 Å². The zero-order valence-electron chi connectivity index (χ0n) is 12.7. The molecule has 2 fully saturated rings. The van der Waals surface area contributed by atoms with Gasteiger partial charge < -0.3 is 28.4 Å². The van der Waals surface area contributed by atoms with Crippen LogP contribution in [0.3, 0.4) is 0 Å². The van der Waals surface area contributed by atoms with Gasteiger partial charge in [0, 0.05) is 20.8 Å². The number of hydrogen-bond donors (Lipinski definition) is 0. The minimum absolute atomic E-state index is 0.286. The smallest absolute Gasteiger partial charge is 0.463 e. The maximum absolute atomic E-state index is 11.4. The van der Waals surface area contributed by atoms with Crippen molar-refractivity contribution in [1.82, 2.24) is 0 Å². The van der Waals surface area contributed by atoms with Crippen LogP contribution >= 0.6 is 0 Å². The van der Waals surface area contributed by atoms with Crippen molar-refractivity contribution in [2.75, 3.05) is 6.61 Å². The Morgan fingerprint density at radius 1 is 0.957 bits per heavy atom. The van der Waals surface area contributed by atoms with E-state index < -0.39 is 54.8 Å². The van der Waals surface area contributed by atoms with Gasteiger partial charge in [-0.2, -0.15) is 0 Å². The van der Waals surface area contributed by atoms with Crippen LogP contribution in [0, 0.1) is 0 Å². The molecule has 5 atom stereocenters. The summed E-state index contributed by atoms with van der Waals surface area (Å²) < 4.78 is 30.2. The predicted octanol–water partition coefficient (Wildman–Crippen LogP) is -0.327. The van der Waals surface area contributed by atoms with Crippen molar-refractivity contribution < 1.29 is 47.6 Å². The first-order valence-electron chi connectivity index (χ1n) is 6.78. The molecule has 0 aromatic carbocycles. The molecule has 2 aliphatic rings. The Kier molecular flexibility index (Phi) is 5.04. The molecule has 10 nitrogen and oxygen atoms in total. The van der Waals surface area contributed by atoms with E-state index in [4.69, 9.17) is 28.4 Å². The Morgan fingerprint density at radius 3 is 2.13 bits per heavy atom. The third kappa shape index (κ3) is 4.09. The standard InChI is InChI=1S/C13H16O10/c1-5(14)18-4-8-9(19-6(2)15)10-11(23-13(17)22-10)12(21-8)20-7(3)16/h8-12H,4H2,1-3H3/t8-,9-,10+,11+,12+/m1/s1. The fourth-order valence-electron chi connectivity index (χ4n) is 2.31. The van der Waals surface area contributed by atoms with Crippen LogP contribution in [0.1, 0.15) is 20.8 Å². The number of carbonyl (C=O) groups is 4. The van der Waals surface area contributed by atoms with E-state index in [9.17, 15) is 19.2 Å². The summed E-state index contributed by atoms with van der Waals surface area (Å²) in [7, 11) is 0. The van der Waals surface area contributed by atoms with E-state index in [1.54, 1.807) is 0 Å². The summed E-state index contributed by atoms with van der Waals surface area (Å²) in [5.41, 5.74) is 0. The lowest BCUT2D eigenvalue weighted by Gasteiger charge is -2.39. The van der Waals surface area contributed by atoms with E-state index in [2.05, 4.69) is 0 Å². The molecule has 2 aliphatic heterocycles. The first-order chi connectivity index (χ1) is 10.8. The van der Waals surface area contributed by atoms with Crippen LogP contribution in [-0.2, 0) is 42.8 Å². The summed E-state index contributed by atoms with van der Waals surface area (Å²) in [5, 5.41) is 0. The average Bonchev–Trinajstić information content (AvgIpc) is 2.80. The molecule has 0 saturated carbocycles. The quantitative estimate of drug-likeness (QED) is 0.499. The number of rotatable bonds is 4. The highest BCUT2D eigenvalue weighted by Gasteiger charge is 2.57. The van der Waals surface area contributed by atoms with Crippen molar-refractivity contribution in [1.29, 1.82) is 0 Å². The molecule has 2 heterocycles. The topological polar surface area (TPSA) is 124 Å². The highest BCUT2D eigenvalue weighted by atomic mass is 16.8. The number of fused-ring (bicyclic) bond motifs is 1. The number of esters is 3. The van der Waals surface area contributed by atoms with Crippen molar-refractivity contribution in [3.05, 3.63) is 0 Å². The summed E-state index contributed by atoms with van der Waals surface area (Å²) in [6, 6.07) is 0. The van der Waals surface area contributed by atoms with Crippen molar-refractivity contribution in [2.24, 2.45) is 0 Å². The van der Waals surface area contributed by atoms with Crippen molar-refractivity contribution in [3.63, 3.8) is 0 Å².